The molecule has 1 rings (SSSR count). The molecule has 0 atom stereocenters. The van der Waals surface area contributed by atoms with E-state index in [1.165, 1.54) is 0 Å². The topological polar surface area (TPSA) is 106 Å². The molecule has 0 saturated carbocycles. The lowest BCUT2D eigenvalue weighted by molar-refractivity contribution is -0.116. The van der Waals surface area contributed by atoms with Crippen molar-refractivity contribution in [1.82, 2.24) is 4.90 Å². The maximum atomic E-state index is 11.7. The number of carbonyl (C=O) groups is 1. The smallest absolute Gasteiger partial charge is 0.224 e. The van der Waals surface area contributed by atoms with Gasteiger partial charge in [0.1, 0.15) is 0 Å². The van der Waals surface area contributed by atoms with Crippen molar-refractivity contribution < 1.29 is 4.79 Å². The van der Waals surface area contributed by atoms with Gasteiger partial charge in [-0.3, -0.25) is 9.69 Å². The number of carbonyl (C=O) groups excluding carboxylic acids is 1. The van der Waals surface area contributed by atoms with Crippen molar-refractivity contribution in [2.45, 2.75) is 12.8 Å². The number of nitrogen functional groups attached to an aromatic ring is 1. The first kappa shape index (κ1) is 15.5. The fourth-order valence-electron chi connectivity index (χ4n) is 1.72. The van der Waals surface area contributed by atoms with Crippen molar-refractivity contribution in [1.29, 1.82) is 10.5 Å². The van der Waals surface area contributed by atoms with Crippen molar-refractivity contribution in [3.05, 3.63) is 24.3 Å². The monoisotopic (exact) mass is 271 g/mol. The van der Waals surface area contributed by atoms with E-state index in [-0.39, 0.29) is 19.0 Å². The molecule has 0 aliphatic carbocycles. The van der Waals surface area contributed by atoms with Crippen LogP contribution in [0, 0.1) is 22.7 Å². The number of rotatable bonds is 7. The van der Waals surface area contributed by atoms with Crippen LogP contribution in [0.3, 0.4) is 0 Å². The highest BCUT2D eigenvalue weighted by Gasteiger charge is 2.06. The summed E-state index contributed by atoms with van der Waals surface area (Å²) in [7, 11) is 0. The summed E-state index contributed by atoms with van der Waals surface area (Å²) in [5.41, 5.74) is 6.88. The molecule has 0 spiro atoms. The van der Waals surface area contributed by atoms with Gasteiger partial charge in [-0.1, -0.05) is 6.07 Å². The standard InChI is InChI=1S/C14H17N5O/c15-6-9-19(10-7-16)8-2-5-14(20)18-13-4-1-3-12(17)11-13/h1,3-4,11H,2,5,8-10,17H2,(H,18,20). The SMILES string of the molecule is N#CCN(CC#N)CCCC(=O)Nc1cccc(N)c1. The first-order valence-corrected chi connectivity index (χ1v) is 6.27. The van der Waals surface area contributed by atoms with Crippen LogP contribution in [0.15, 0.2) is 24.3 Å². The van der Waals surface area contributed by atoms with Crippen molar-refractivity contribution in [3.63, 3.8) is 0 Å². The Morgan fingerprint density at radius 3 is 2.60 bits per heavy atom. The van der Waals surface area contributed by atoms with Crippen LogP contribution in [0.2, 0.25) is 0 Å². The Morgan fingerprint density at radius 2 is 2.00 bits per heavy atom. The molecular weight excluding hydrogens is 254 g/mol. The summed E-state index contributed by atoms with van der Waals surface area (Å²) in [6, 6.07) is 11.0. The van der Waals surface area contributed by atoms with E-state index in [1.807, 2.05) is 12.1 Å². The molecule has 0 aromatic heterocycles. The van der Waals surface area contributed by atoms with Crippen LogP contribution < -0.4 is 11.1 Å². The normalized spacial score (nSPS) is 9.75. The molecule has 0 heterocycles. The highest BCUT2D eigenvalue weighted by atomic mass is 16.1. The minimum absolute atomic E-state index is 0.107. The molecule has 0 saturated heterocycles. The molecule has 0 fully saturated rings. The number of anilines is 2. The second-order valence-corrected chi connectivity index (χ2v) is 4.30. The summed E-state index contributed by atoms with van der Waals surface area (Å²) in [4.78, 5) is 13.4. The van der Waals surface area contributed by atoms with Gasteiger partial charge in [0.2, 0.25) is 5.91 Å². The third kappa shape index (κ3) is 5.85. The van der Waals surface area contributed by atoms with Crippen LogP contribution in [0.1, 0.15) is 12.8 Å². The second kappa shape index (κ2) is 8.52. The summed E-state index contributed by atoms with van der Waals surface area (Å²) in [5, 5.41) is 20.0. The van der Waals surface area contributed by atoms with Crippen LogP contribution >= 0.6 is 0 Å². The van der Waals surface area contributed by atoms with Gasteiger partial charge in [-0.25, -0.2) is 0 Å². The first-order valence-electron chi connectivity index (χ1n) is 6.27. The summed E-state index contributed by atoms with van der Waals surface area (Å²) in [6.07, 6.45) is 0.930. The van der Waals surface area contributed by atoms with Gasteiger partial charge in [-0.05, 0) is 24.6 Å². The van der Waals surface area contributed by atoms with E-state index >= 15 is 0 Å². The highest BCUT2D eigenvalue weighted by Crippen LogP contribution is 2.12. The zero-order valence-electron chi connectivity index (χ0n) is 11.2. The lowest BCUT2D eigenvalue weighted by Gasteiger charge is -2.14. The van der Waals surface area contributed by atoms with Gasteiger partial charge in [0.25, 0.3) is 0 Å². The van der Waals surface area contributed by atoms with Gasteiger partial charge in [-0.15, -0.1) is 0 Å². The Balaban J connectivity index is 2.33. The lowest BCUT2D eigenvalue weighted by atomic mass is 10.2. The van der Waals surface area contributed by atoms with Gasteiger partial charge >= 0.3 is 0 Å². The number of hydrogen-bond donors (Lipinski definition) is 2. The summed E-state index contributed by atoms with van der Waals surface area (Å²) in [6.45, 7) is 0.945. The van der Waals surface area contributed by atoms with Crippen molar-refractivity contribution >= 4 is 17.3 Å². The molecule has 3 N–H and O–H groups in total. The Labute approximate surface area is 118 Å². The van der Waals surface area contributed by atoms with Gasteiger partial charge < -0.3 is 11.1 Å². The van der Waals surface area contributed by atoms with E-state index in [4.69, 9.17) is 16.3 Å². The zero-order chi connectivity index (χ0) is 14.8. The molecule has 6 nitrogen and oxygen atoms in total. The number of benzene rings is 1. The average molecular weight is 271 g/mol. The Hall–Kier alpha value is -2.57. The van der Waals surface area contributed by atoms with Gasteiger partial charge in [0.15, 0.2) is 0 Å². The van der Waals surface area contributed by atoms with E-state index in [2.05, 4.69) is 5.32 Å². The van der Waals surface area contributed by atoms with E-state index in [0.29, 0.717) is 30.8 Å². The maximum Gasteiger partial charge on any atom is 0.224 e. The number of nitrogens with two attached hydrogens (primary N) is 1. The van der Waals surface area contributed by atoms with E-state index < -0.39 is 0 Å². The quantitative estimate of drug-likeness (QED) is 0.575. The van der Waals surface area contributed by atoms with Gasteiger partial charge in [-0.2, -0.15) is 10.5 Å². The third-order valence-electron chi connectivity index (χ3n) is 2.64. The fourth-order valence-corrected chi connectivity index (χ4v) is 1.72. The number of nitrogens with zero attached hydrogens (tertiary/aromatic N) is 3. The fraction of sp³-hybridized carbons (Fsp3) is 0.357. The van der Waals surface area contributed by atoms with Crippen LogP contribution in [0.25, 0.3) is 0 Å². The Morgan fingerprint density at radius 1 is 1.30 bits per heavy atom. The molecule has 0 radical (unpaired) electrons. The molecule has 0 aliphatic heterocycles. The van der Waals surface area contributed by atoms with Crippen molar-refractivity contribution in [2.75, 3.05) is 30.7 Å². The third-order valence-corrected chi connectivity index (χ3v) is 2.64. The minimum atomic E-state index is -0.107. The summed E-state index contributed by atoms with van der Waals surface area (Å²) in [5.74, 6) is -0.107. The van der Waals surface area contributed by atoms with E-state index in [0.717, 1.165) is 0 Å². The molecule has 20 heavy (non-hydrogen) atoms. The Bertz CT molecular complexity index is 513. The van der Waals surface area contributed by atoms with E-state index in [1.54, 1.807) is 29.2 Å². The van der Waals surface area contributed by atoms with Crippen LogP contribution in [0.5, 0.6) is 0 Å². The average Bonchev–Trinajstić information content (AvgIpc) is 2.39. The molecule has 1 aromatic carbocycles. The first-order chi connectivity index (χ1) is 9.65. The van der Waals surface area contributed by atoms with Crippen molar-refractivity contribution in [2.24, 2.45) is 0 Å². The second-order valence-electron chi connectivity index (χ2n) is 4.30. The maximum absolute atomic E-state index is 11.7. The van der Waals surface area contributed by atoms with E-state index in [9.17, 15) is 4.79 Å². The van der Waals surface area contributed by atoms with Crippen LogP contribution in [-0.4, -0.2) is 30.4 Å². The van der Waals surface area contributed by atoms with Crippen molar-refractivity contribution in [3.8, 4) is 12.1 Å². The molecule has 1 aromatic rings. The number of nitrogens with one attached hydrogen (secondary N) is 1. The van der Waals surface area contributed by atoms with Gasteiger partial charge in [0, 0.05) is 24.3 Å². The van der Waals surface area contributed by atoms with Crippen LogP contribution in [-0.2, 0) is 4.79 Å². The Kier molecular flexibility index (Phi) is 6.60. The molecule has 0 bridgehead atoms. The molecular formula is C14H17N5O. The minimum Gasteiger partial charge on any atom is -0.399 e. The number of nitriles is 2. The predicted molar refractivity (Wildman–Crippen MR) is 76.4 cm³/mol. The lowest BCUT2D eigenvalue weighted by Crippen LogP contribution is -2.26. The molecule has 0 aliphatic rings. The molecule has 104 valence electrons. The molecule has 6 heteroatoms. The largest absolute Gasteiger partial charge is 0.399 e. The van der Waals surface area contributed by atoms with Crippen LogP contribution in [0.4, 0.5) is 11.4 Å². The number of hydrogen-bond acceptors (Lipinski definition) is 5. The molecule has 0 unspecified atom stereocenters. The molecule has 1 amide bonds. The summed E-state index contributed by atoms with van der Waals surface area (Å²) < 4.78 is 0. The predicted octanol–water partition coefficient (Wildman–Crippen LogP) is 1.34. The van der Waals surface area contributed by atoms with Gasteiger partial charge in [0.05, 0.1) is 25.2 Å². The highest BCUT2D eigenvalue weighted by molar-refractivity contribution is 5.91. The summed E-state index contributed by atoms with van der Waals surface area (Å²) >= 11 is 0. The number of amides is 1. The zero-order valence-corrected chi connectivity index (χ0v) is 11.2.